The molecule has 0 spiro atoms. The van der Waals surface area contributed by atoms with Gasteiger partial charge in [-0.05, 0) is 24.3 Å². The number of halogens is 5. The molecule has 3 rings (SSSR count). The zero-order valence-electron chi connectivity index (χ0n) is 10.6. The molecular weight excluding hydrogens is 326 g/mol. The molecule has 3 aromatic rings. The molecule has 9 heteroatoms. The maximum absolute atomic E-state index is 13.9. The van der Waals surface area contributed by atoms with Crippen molar-refractivity contribution in [1.29, 1.82) is 0 Å². The fourth-order valence-electron chi connectivity index (χ4n) is 1.86. The molecule has 2 aromatic carbocycles. The zero-order valence-corrected chi connectivity index (χ0v) is 11.3. The number of hydrogen-bond donors (Lipinski definition) is 1. The lowest BCUT2D eigenvalue weighted by Crippen LogP contribution is -2.06. The Morgan fingerprint density at radius 2 is 1.91 bits per heavy atom. The van der Waals surface area contributed by atoms with Gasteiger partial charge in [0.2, 0.25) is 0 Å². The second-order valence-electron chi connectivity index (χ2n) is 4.32. The van der Waals surface area contributed by atoms with E-state index in [0.717, 1.165) is 0 Å². The molecule has 0 aliphatic carbocycles. The Kier molecular flexibility index (Phi) is 3.40. The zero-order chi connectivity index (χ0) is 15.9. The summed E-state index contributed by atoms with van der Waals surface area (Å²) in [5, 5.41) is 9.52. The summed E-state index contributed by atoms with van der Waals surface area (Å²) >= 11 is 5.71. The van der Waals surface area contributed by atoms with E-state index in [0.29, 0.717) is 23.2 Å². The molecule has 0 fully saturated rings. The number of H-pyrrole nitrogens is 1. The molecule has 0 radical (unpaired) electrons. The molecule has 0 saturated carbocycles. The number of nitrogens with one attached hydrogen (secondary N) is 1. The first-order valence-corrected chi connectivity index (χ1v) is 6.27. The van der Waals surface area contributed by atoms with Crippen LogP contribution in [-0.2, 0) is 6.18 Å². The molecule has 0 aliphatic rings. The van der Waals surface area contributed by atoms with Crippen LogP contribution in [0.1, 0.15) is 5.56 Å². The molecule has 0 unspecified atom stereocenters. The maximum Gasteiger partial charge on any atom is 0.416 e. The van der Waals surface area contributed by atoms with Crippen molar-refractivity contribution in [1.82, 2.24) is 15.4 Å². The highest BCUT2D eigenvalue weighted by Gasteiger charge is 2.32. The van der Waals surface area contributed by atoms with E-state index in [9.17, 15) is 17.6 Å². The van der Waals surface area contributed by atoms with Gasteiger partial charge in [0.1, 0.15) is 5.52 Å². The number of fused-ring (bicyclic) bond motifs is 1. The van der Waals surface area contributed by atoms with Gasteiger partial charge in [-0.2, -0.15) is 28.6 Å². The summed E-state index contributed by atoms with van der Waals surface area (Å²) in [6, 6.07) is 5.61. The number of ether oxygens (including phenoxy) is 1. The molecule has 114 valence electrons. The summed E-state index contributed by atoms with van der Waals surface area (Å²) in [4.78, 5) is 0. The van der Waals surface area contributed by atoms with Gasteiger partial charge < -0.3 is 4.74 Å². The highest BCUT2D eigenvalue weighted by molar-refractivity contribution is 6.32. The van der Waals surface area contributed by atoms with Crippen LogP contribution in [0.3, 0.4) is 0 Å². The van der Waals surface area contributed by atoms with Gasteiger partial charge >= 0.3 is 6.18 Å². The second-order valence-corrected chi connectivity index (χ2v) is 4.72. The van der Waals surface area contributed by atoms with Gasteiger partial charge in [0.25, 0.3) is 0 Å². The molecular formula is C13H6ClF4N3O. The average Bonchev–Trinajstić information content (AvgIpc) is 2.90. The van der Waals surface area contributed by atoms with E-state index in [4.69, 9.17) is 16.3 Å². The minimum Gasteiger partial charge on any atom is -0.450 e. The number of para-hydroxylation sites is 1. The Balaban J connectivity index is 2.04. The fourth-order valence-corrected chi connectivity index (χ4v) is 2.10. The van der Waals surface area contributed by atoms with Crippen molar-refractivity contribution in [2.75, 3.05) is 0 Å². The lowest BCUT2D eigenvalue weighted by Gasteiger charge is -2.12. The third kappa shape index (κ3) is 2.57. The van der Waals surface area contributed by atoms with E-state index in [1.54, 1.807) is 12.1 Å². The van der Waals surface area contributed by atoms with Crippen molar-refractivity contribution >= 4 is 22.6 Å². The van der Waals surface area contributed by atoms with Gasteiger partial charge in [-0.1, -0.05) is 17.7 Å². The average molecular weight is 332 g/mol. The van der Waals surface area contributed by atoms with E-state index in [1.165, 1.54) is 6.07 Å². The van der Waals surface area contributed by atoms with Crippen molar-refractivity contribution in [2.24, 2.45) is 0 Å². The summed E-state index contributed by atoms with van der Waals surface area (Å²) in [6.45, 7) is 0. The van der Waals surface area contributed by atoms with Crippen LogP contribution in [0.4, 0.5) is 17.6 Å². The molecule has 1 aromatic heterocycles. The summed E-state index contributed by atoms with van der Waals surface area (Å²) in [5.74, 6) is -1.61. The number of hydrogen-bond acceptors (Lipinski definition) is 3. The van der Waals surface area contributed by atoms with Gasteiger partial charge in [-0.15, -0.1) is 0 Å². The molecule has 22 heavy (non-hydrogen) atoms. The fraction of sp³-hybridized carbons (Fsp3) is 0.0769. The highest BCUT2D eigenvalue weighted by atomic mass is 35.5. The molecule has 0 bridgehead atoms. The number of benzene rings is 2. The van der Waals surface area contributed by atoms with Crippen LogP contribution >= 0.6 is 11.6 Å². The summed E-state index contributed by atoms with van der Waals surface area (Å²) in [5.41, 5.74) is -0.430. The summed E-state index contributed by atoms with van der Waals surface area (Å²) in [6.07, 6.45) is -4.70. The molecule has 0 saturated heterocycles. The Morgan fingerprint density at radius 1 is 1.14 bits per heavy atom. The molecule has 1 heterocycles. The van der Waals surface area contributed by atoms with Crippen molar-refractivity contribution in [2.45, 2.75) is 6.18 Å². The third-order valence-electron chi connectivity index (χ3n) is 2.85. The van der Waals surface area contributed by atoms with E-state index >= 15 is 0 Å². The lowest BCUT2D eigenvalue weighted by atomic mass is 10.2. The number of nitrogens with zero attached hydrogens (tertiary/aromatic N) is 2. The predicted octanol–water partition coefficient (Wildman–Crippen LogP) is 4.56. The monoisotopic (exact) mass is 331 g/mol. The lowest BCUT2D eigenvalue weighted by molar-refractivity contribution is -0.137. The Labute approximate surface area is 125 Å². The van der Waals surface area contributed by atoms with Crippen LogP contribution in [0.25, 0.3) is 11.0 Å². The molecule has 1 N–H and O–H groups in total. The maximum atomic E-state index is 13.9. The number of rotatable bonds is 2. The largest absolute Gasteiger partial charge is 0.450 e. The molecule has 0 amide bonds. The molecule has 4 nitrogen and oxygen atoms in total. The van der Waals surface area contributed by atoms with Crippen LogP contribution in [0, 0.1) is 5.82 Å². The van der Waals surface area contributed by atoms with E-state index in [2.05, 4.69) is 15.4 Å². The van der Waals surface area contributed by atoms with Crippen molar-refractivity contribution in [3.8, 4) is 11.5 Å². The minimum absolute atomic E-state index is 0.117. The SMILES string of the molecule is Fc1cc(C(F)(F)F)cc(Cl)c1Oc1cccc2n[nH]nc12. The first-order chi connectivity index (χ1) is 10.4. The highest BCUT2D eigenvalue weighted by Crippen LogP contribution is 2.39. The van der Waals surface area contributed by atoms with Crippen LogP contribution in [0.2, 0.25) is 5.02 Å². The Morgan fingerprint density at radius 3 is 2.59 bits per heavy atom. The number of alkyl halides is 3. The van der Waals surface area contributed by atoms with Crippen LogP contribution in [0.5, 0.6) is 11.5 Å². The van der Waals surface area contributed by atoms with E-state index in [1.807, 2.05) is 0 Å². The van der Waals surface area contributed by atoms with Gasteiger partial charge in [0.05, 0.1) is 10.6 Å². The van der Waals surface area contributed by atoms with Crippen LogP contribution in [0.15, 0.2) is 30.3 Å². The van der Waals surface area contributed by atoms with Gasteiger partial charge in [0.15, 0.2) is 22.8 Å². The molecule has 0 atom stereocenters. The first-order valence-electron chi connectivity index (χ1n) is 5.90. The van der Waals surface area contributed by atoms with Crippen molar-refractivity contribution in [3.05, 3.63) is 46.7 Å². The number of aromatic nitrogens is 3. The Bertz CT molecular complexity index is 824. The van der Waals surface area contributed by atoms with E-state index in [-0.39, 0.29) is 5.75 Å². The van der Waals surface area contributed by atoms with Gasteiger partial charge in [-0.3, -0.25) is 0 Å². The normalized spacial score (nSPS) is 11.9. The summed E-state index contributed by atoms with van der Waals surface area (Å²) < 4.78 is 56.9. The summed E-state index contributed by atoms with van der Waals surface area (Å²) in [7, 11) is 0. The topological polar surface area (TPSA) is 50.8 Å². The first kappa shape index (κ1) is 14.6. The smallest absolute Gasteiger partial charge is 0.416 e. The van der Waals surface area contributed by atoms with Crippen LogP contribution < -0.4 is 4.74 Å². The van der Waals surface area contributed by atoms with Crippen molar-refractivity contribution in [3.63, 3.8) is 0 Å². The Hall–Kier alpha value is -2.35. The van der Waals surface area contributed by atoms with Gasteiger partial charge in [-0.25, -0.2) is 4.39 Å². The van der Waals surface area contributed by atoms with Crippen LogP contribution in [-0.4, -0.2) is 15.4 Å². The standard InChI is InChI=1S/C13H6ClF4N3O/c14-7-4-6(13(16,17)18)5-8(15)12(7)22-10-3-1-2-9-11(10)20-21-19-9/h1-5H,(H,19,20,21). The second kappa shape index (κ2) is 5.13. The quantitative estimate of drug-likeness (QED) is 0.700. The molecule has 0 aliphatic heterocycles. The number of aromatic amines is 1. The predicted molar refractivity (Wildman–Crippen MR) is 70.4 cm³/mol. The van der Waals surface area contributed by atoms with Crippen molar-refractivity contribution < 1.29 is 22.3 Å². The third-order valence-corrected chi connectivity index (χ3v) is 3.13. The minimum atomic E-state index is -4.70. The van der Waals surface area contributed by atoms with Gasteiger partial charge in [0, 0.05) is 0 Å². The van der Waals surface area contributed by atoms with E-state index < -0.39 is 28.3 Å².